The quantitative estimate of drug-likeness (QED) is 0.400. The van der Waals surface area contributed by atoms with Gasteiger partial charge >= 0.3 is 5.97 Å². The number of aliphatic hydroxyl groups is 3. The van der Waals surface area contributed by atoms with Gasteiger partial charge in [0.2, 0.25) is 0 Å². The van der Waals surface area contributed by atoms with Gasteiger partial charge in [0, 0.05) is 5.57 Å². The lowest BCUT2D eigenvalue weighted by Gasteiger charge is -2.11. The summed E-state index contributed by atoms with van der Waals surface area (Å²) >= 11 is 0. The summed E-state index contributed by atoms with van der Waals surface area (Å²) in [5, 5.41) is 34.5. The summed E-state index contributed by atoms with van der Waals surface area (Å²) in [7, 11) is 0. The van der Waals surface area contributed by atoms with Crippen LogP contribution < -0.4 is 0 Å². The molecule has 2 atom stereocenters. The monoisotopic (exact) mass is 176 g/mol. The van der Waals surface area contributed by atoms with Crippen molar-refractivity contribution < 1.29 is 25.2 Å². The van der Waals surface area contributed by atoms with E-state index in [2.05, 4.69) is 0 Å². The van der Waals surface area contributed by atoms with Crippen LogP contribution in [0.4, 0.5) is 0 Å². The fourth-order valence-corrected chi connectivity index (χ4v) is 0.547. The fraction of sp³-hybridized carbons (Fsp3) is 0.571. The van der Waals surface area contributed by atoms with Crippen LogP contribution in [-0.2, 0) is 4.79 Å². The molecule has 4 N–H and O–H groups in total. The molecule has 12 heavy (non-hydrogen) atoms. The van der Waals surface area contributed by atoms with Gasteiger partial charge in [-0.1, -0.05) is 0 Å². The molecule has 70 valence electrons. The molecular formula is C7H12O5. The standard InChI is InChI=1S/C7H12O5/c1-4(7(11)12)2-5(9)6(10)3-8/h2,5-6,8-10H,3H2,1H3,(H,11,12). The Kier molecular flexibility index (Phi) is 4.50. The third kappa shape index (κ3) is 3.47. The average Bonchev–Trinajstić information content (AvgIpc) is 2.02. The van der Waals surface area contributed by atoms with Crippen molar-refractivity contribution in [2.75, 3.05) is 6.61 Å². The van der Waals surface area contributed by atoms with E-state index in [1.165, 1.54) is 6.92 Å². The first kappa shape index (κ1) is 11.1. The first-order valence-corrected chi connectivity index (χ1v) is 3.37. The van der Waals surface area contributed by atoms with E-state index >= 15 is 0 Å². The van der Waals surface area contributed by atoms with E-state index in [0.717, 1.165) is 6.08 Å². The van der Waals surface area contributed by atoms with Gasteiger partial charge in [0.15, 0.2) is 0 Å². The first-order chi connectivity index (χ1) is 5.49. The Balaban J connectivity index is 4.22. The van der Waals surface area contributed by atoms with Gasteiger partial charge in [0.05, 0.1) is 6.61 Å². The predicted molar refractivity (Wildman–Crippen MR) is 40.5 cm³/mol. The van der Waals surface area contributed by atoms with Crippen LogP contribution in [0, 0.1) is 0 Å². The molecule has 0 saturated carbocycles. The Labute approximate surface area is 69.6 Å². The van der Waals surface area contributed by atoms with Crippen LogP contribution in [0.3, 0.4) is 0 Å². The van der Waals surface area contributed by atoms with Crippen molar-refractivity contribution in [1.29, 1.82) is 0 Å². The molecule has 0 aliphatic carbocycles. The predicted octanol–water partition coefficient (Wildman–Crippen LogP) is -1.27. The van der Waals surface area contributed by atoms with Gasteiger partial charge < -0.3 is 20.4 Å². The molecule has 5 nitrogen and oxygen atoms in total. The lowest BCUT2D eigenvalue weighted by atomic mass is 10.1. The molecule has 0 saturated heterocycles. The maximum Gasteiger partial charge on any atom is 0.331 e. The lowest BCUT2D eigenvalue weighted by Crippen LogP contribution is -2.28. The maximum atomic E-state index is 10.2. The van der Waals surface area contributed by atoms with Gasteiger partial charge in [0.1, 0.15) is 12.2 Å². The lowest BCUT2D eigenvalue weighted by molar-refractivity contribution is -0.132. The summed E-state index contributed by atoms with van der Waals surface area (Å²) in [5.41, 5.74) is -0.0741. The second-order valence-electron chi connectivity index (χ2n) is 2.40. The van der Waals surface area contributed by atoms with E-state index < -0.39 is 24.8 Å². The number of carboxylic acid groups (broad SMARTS) is 1. The van der Waals surface area contributed by atoms with Crippen molar-refractivity contribution in [2.45, 2.75) is 19.1 Å². The summed E-state index contributed by atoms with van der Waals surface area (Å²) < 4.78 is 0. The number of aliphatic hydroxyl groups excluding tert-OH is 3. The molecule has 0 amide bonds. The van der Waals surface area contributed by atoms with Gasteiger partial charge in [-0.2, -0.15) is 0 Å². The number of hydrogen-bond acceptors (Lipinski definition) is 4. The Morgan fingerprint density at radius 2 is 2.00 bits per heavy atom. The molecule has 0 aliphatic rings. The third-order valence-electron chi connectivity index (χ3n) is 1.34. The fourth-order valence-electron chi connectivity index (χ4n) is 0.547. The molecule has 0 radical (unpaired) electrons. The van der Waals surface area contributed by atoms with E-state index in [-0.39, 0.29) is 5.57 Å². The van der Waals surface area contributed by atoms with E-state index in [4.69, 9.17) is 20.4 Å². The van der Waals surface area contributed by atoms with Crippen molar-refractivity contribution in [3.05, 3.63) is 11.6 Å². The number of carboxylic acids is 1. The minimum atomic E-state index is -1.34. The maximum absolute atomic E-state index is 10.2. The zero-order chi connectivity index (χ0) is 9.72. The summed E-state index contributed by atoms with van der Waals surface area (Å²) in [6.07, 6.45) is -1.70. The highest BCUT2D eigenvalue weighted by Gasteiger charge is 2.13. The second-order valence-corrected chi connectivity index (χ2v) is 2.40. The number of rotatable bonds is 4. The van der Waals surface area contributed by atoms with Gasteiger partial charge in [-0.05, 0) is 13.0 Å². The van der Waals surface area contributed by atoms with Gasteiger partial charge in [-0.15, -0.1) is 0 Å². The number of aliphatic carboxylic acids is 1. The van der Waals surface area contributed by atoms with Crippen molar-refractivity contribution in [3.8, 4) is 0 Å². The molecule has 5 heteroatoms. The summed E-state index contributed by atoms with van der Waals surface area (Å²) in [6.45, 7) is 0.681. The van der Waals surface area contributed by atoms with Crippen LogP contribution in [0.1, 0.15) is 6.92 Å². The molecular weight excluding hydrogens is 164 g/mol. The topological polar surface area (TPSA) is 98.0 Å². The highest BCUT2D eigenvalue weighted by molar-refractivity contribution is 5.85. The van der Waals surface area contributed by atoms with E-state index in [9.17, 15) is 4.79 Å². The van der Waals surface area contributed by atoms with E-state index in [1.54, 1.807) is 0 Å². The summed E-state index contributed by atoms with van der Waals surface area (Å²) in [4.78, 5) is 10.2. The molecule has 0 aromatic carbocycles. The molecule has 0 aromatic rings. The van der Waals surface area contributed by atoms with Crippen LogP contribution in [0.2, 0.25) is 0 Å². The molecule has 0 rings (SSSR count). The SMILES string of the molecule is CC(=CC(O)C(O)CO)C(=O)O. The summed E-state index contributed by atoms with van der Waals surface area (Å²) in [5.74, 6) is -1.17. The molecule has 0 aromatic heterocycles. The smallest absolute Gasteiger partial charge is 0.331 e. The second kappa shape index (κ2) is 4.87. The van der Waals surface area contributed by atoms with Crippen molar-refractivity contribution in [3.63, 3.8) is 0 Å². The Bertz CT molecular complexity index is 186. The molecule has 2 unspecified atom stereocenters. The minimum absolute atomic E-state index is 0.0741. The molecule has 0 aliphatic heterocycles. The van der Waals surface area contributed by atoms with Crippen LogP contribution >= 0.6 is 0 Å². The van der Waals surface area contributed by atoms with Gasteiger partial charge in [-0.3, -0.25) is 0 Å². The molecule has 0 bridgehead atoms. The van der Waals surface area contributed by atoms with Gasteiger partial charge in [-0.25, -0.2) is 4.79 Å². The Morgan fingerprint density at radius 1 is 1.50 bits per heavy atom. The van der Waals surface area contributed by atoms with Crippen molar-refractivity contribution >= 4 is 5.97 Å². The molecule has 0 spiro atoms. The number of hydrogen-bond donors (Lipinski definition) is 4. The number of carbonyl (C=O) groups is 1. The van der Waals surface area contributed by atoms with E-state index in [1.807, 2.05) is 0 Å². The first-order valence-electron chi connectivity index (χ1n) is 3.37. The highest BCUT2D eigenvalue weighted by atomic mass is 16.4. The van der Waals surface area contributed by atoms with Crippen molar-refractivity contribution in [1.82, 2.24) is 0 Å². The minimum Gasteiger partial charge on any atom is -0.478 e. The zero-order valence-corrected chi connectivity index (χ0v) is 6.64. The molecule has 0 fully saturated rings. The van der Waals surface area contributed by atoms with E-state index in [0.29, 0.717) is 0 Å². The van der Waals surface area contributed by atoms with Crippen LogP contribution in [0.25, 0.3) is 0 Å². The largest absolute Gasteiger partial charge is 0.478 e. The highest BCUT2D eigenvalue weighted by Crippen LogP contribution is 2.00. The third-order valence-corrected chi connectivity index (χ3v) is 1.34. The van der Waals surface area contributed by atoms with Crippen LogP contribution in [0.5, 0.6) is 0 Å². The summed E-state index contributed by atoms with van der Waals surface area (Å²) in [6, 6.07) is 0. The zero-order valence-electron chi connectivity index (χ0n) is 6.64. The van der Waals surface area contributed by atoms with Crippen LogP contribution in [-0.4, -0.2) is 45.2 Å². The van der Waals surface area contributed by atoms with Crippen LogP contribution in [0.15, 0.2) is 11.6 Å². The normalized spacial score (nSPS) is 17.2. The molecule has 0 heterocycles. The Morgan fingerprint density at radius 3 is 2.33 bits per heavy atom. The van der Waals surface area contributed by atoms with Gasteiger partial charge in [0.25, 0.3) is 0 Å². The van der Waals surface area contributed by atoms with Crippen molar-refractivity contribution in [2.24, 2.45) is 0 Å². The average molecular weight is 176 g/mol. The Hall–Kier alpha value is -0.910.